The zero-order valence-corrected chi connectivity index (χ0v) is 17.8. The fourth-order valence-electron chi connectivity index (χ4n) is 3.57. The molecule has 0 spiro atoms. The summed E-state index contributed by atoms with van der Waals surface area (Å²) < 4.78 is 5.44. The van der Waals surface area contributed by atoms with E-state index in [2.05, 4.69) is 16.3 Å². The van der Waals surface area contributed by atoms with Crippen LogP contribution in [0.1, 0.15) is 48.1 Å². The lowest BCUT2D eigenvalue weighted by Gasteiger charge is -2.35. The van der Waals surface area contributed by atoms with E-state index in [-0.39, 0.29) is 24.4 Å². The first kappa shape index (κ1) is 22.5. The number of rotatable bonds is 7. The van der Waals surface area contributed by atoms with Crippen LogP contribution in [0, 0.1) is 0 Å². The highest BCUT2D eigenvalue weighted by Gasteiger charge is 2.24. The molecule has 3 rings (SSSR count). The zero-order chi connectivity index (χ0) is 19.1. The summed E-state index contributed by atoms with van der Waals surface area (Å²) in [7, 11) is 0. The number of amides is 1. The van der Waals surface area contributed by atoms with Crippen LogP contribution in [0.25, 0.3) is 0 Å². The van der Waals surface area contributed by atoms with Crippen molar-refractivity contribution < 1.29 is 9.53 Å². The molecule has 2 aromatic rings. The highest BCUT2D eigenvalue weighted by atomic mass is 35.5. The zero-order valence-electron chi connectivity index (χ0n) is 16.2. The van der Waals surface area contributed by atoms with E-state index in [1.807, 2.05) is 37.3 Å². The second-order valence-corrected chi connectivity index (χ2v) is 7.21. The molecule has 1 atom stereocenters. The van der Waals surface area contributed by atoms with Gasteiger partial charge in [-0.25, -0.2) is 0 Å². The lowest BCUT2D eigenvalue weighted by molar-refractivity contribution is 0.0924. The van der Waals surface area contributed by atoms with Crippen LogP contribution in [-0.2, 0) is 0 Å². The predicted molar refractivity (Wildman–Crippen MR) is 117 cm³/mol. The van der Waals surface area contributed by atoms with Gasteiger partial charge in [0.15, 0.2) is 0 Å². The van der Waals surface area contributed by atoms with E-state index in [9.17, 15) is 4.79 Å². The number of hydrogen-bond acceptors (Lipinski definition) is 3. The third-order valence-electron chi connectivity index (χ3n) is 4.98. The number of nitrogens with one attached hydrogen (secondary N) is 1. The van der Waals surface area contributed by atoms with Crippen LogP contribution in [0.2, 0.25) is 5.02 Å². The molecule has 2 aromatic carbocycles. The summed E-state index contributed by atoms with van der Waals surface area (Å²) in [5.41, 5.74) is 1.71. The molecule has 1 unspecified atom stereocenters. The summed E-state index contributed by atoms with van der Waals surface area (Å²) in [6, 6.07) is 15.3. The van der Waals surface area contributed by atoms with E-state index in [0.717, 1.165) is 29.4 Å². The van der Waals surface area contributed by atoms with Gasteiger partial charge in [-0.05, 0) is 68.8 Å². The van der Waals surface area contributed by atoms with Crippen LogP contribution in [0.5, 0.6) is 5.75 Å². The number of nitrogens with zero attached hydrogens (tertiary/aromatic N) is 1. The summed E-state index contributed by atoms with van der Waals surface area (Å²) in [5, 5.41) is 3.85. The standard InChI is InChI=1S/C22H27ClN2O2.ClH/c1-2-27-18-12-10-17(11-13-18)22(26)24-16-21(25-14-6-3-7-15-25)19-8-4-5-9-20(19)23;/h4-5,8-13,21H,2-3,6-7,14-16H2,1H3,(H,24,26);1H. The predicted octanol–water partition coefficient (Wildman–Crippen LogP) is 5.12. The highest BCUT2D eigenvalue weighted by molar-refractivity contribution is 6.31. The Bertz CT molecular complexity index is 746. The molecule has 6 heteroatoms. The van der Waals surface area contributed by atoms with Gasteiger partial charge in [-0.2, -0.15) is 0 Å². The molecule has 1 heterocycles. The van der Waals surface area contributed by atoms with Crippen LogP contribution in [-0.4, -0.2) is 37.0 Å². The Morgan fingerprint density at radius 2 is 1.79 bits per heavy atom. The molecule has 4 nitrogen and oxygen atoms in total. The number of hydrogen-bond donors (Lipinski definition) is 1. The van der Waals surface area contributed by atoms with Gasteiger partial charge in [0.2, 0.25) is 0 Å². The van der Waals surface area contributed by atoms with Crippen molar-refractivity contribution in [2.75, 3.05) is 26.2 Å². The molecule has 152 valence electrons. The van der Waals surface area contributed by atoms with Gasteiger partial charge < -0.3 is 10.1 Å². The second kappa shape index (κ2) is 11.3. The van der Waals surface area contributed by atoms with Crippen LogP contribution in [0.15, 0.2) is 48.5 Å². The van der Waals surface area contributed by atoms with Gasteiger partial charge >= 0.3 is 0 Å². The molecule has 1 saturated heterocycles. The van der Waals surface area contributed by atoms with E-state index >= 15 is 0 Å². The first-order valence-electron chi connectivity index (χ1n) is 9.68. The van der Waals surface area contributed by atoms with E-state index in [1.165, 1.54) is 19.3 Å². The van der Waals surface area contributed by atoms with Gasteiger partial charge in [0.1, 0.15) is 5.75 Å². The first-order chi connectivity index (χ1) is 13.2. The number of carbonyl (C=O) groups is 1. The Labute approximate surface area is 178 Å². The van der Waals surface area contributed by atoms with Crippen molar-refractivity contribution >= 4 is 29.9 Å². The third kappa shape index (κ3) is 5.87. The van der Waals surface area contributed by atoms with Gasteiger partial charge in [0.05, 0.1) is 12.6 Å². The molecule has 0 aromatic heterocycles. The summed E-state index contributed by atoms with van der Waals surface area (Å²) >= 11 is 6.46. The normalized spacial score (nSPS) is 15.4. The topological polar surface area (TPSA) is 41.6 Å². The highest BCUT2D eigenvalue weighted by Crippen LogP contribution is 2.29. The van der Waals surface area contributed by atoms with E-state index < -0.39 is 0 Å². The maximum atomic E-state index is 12.6. The van der Waals surface area contributed by atoms with Gasteiger partial charge in [-0.3, -0.25) is 9.69 Å². The Morgan fingerprint density at radius 3 is 2.43 bits per heavy atom. The number of benzene rings is 2. The Kier molecular flexibility index (Phi) is 9.10. The summed E-state index contributed by atoms with van der Waals surface area (Å²) in [6.07, 6.45) is 3.64. The third-order valence-corrected chi connectivity index (χ3v) is 5.32. The van der Waals surface area contributed by atoms with Crippen molar-refractivity contribution in [2.24, 2.45) is 0 Å². The van der Waals surface area contributed by atoms with Crippen molar-refractivity contribution in [3.05, 3.63) is 64.7 Å². The number of halogens is 2. The molecule has 0 saturated carbocycles. The molecule has 1 N–H and O–H groups in total. The quantitative estimate of drug-likeness (QED) is 0.672. The number of piperidine rings is 1. The molecular weight excluding hydrogens is 395 g/mol. The average molecular weight is 423 g/mol. The minimum atomic E-state index is -0.0767. The molecule has 0 bridgehead atoms. The monoisotopic (exact) mass is 422 g/mol. The summed E-state index contributed by atoms with van der Waals surface area (Å²) in [4.78, 5) is 15.0. The Balaban J connectivity index is 0.00000280. The van der Waals surface area contributed by atoms with E-state index in [1.54, 1.807) is 12.1 Å². The van der Waals surface area contributed by atoms with E-state index in [0.29, 0.717) is 18.7 Å². The van der Waals surface area contributed by atoms with Crippen LogP contribution >= 0.6 is 24.0 Å². The average Bonchev–Trinajstić information content (AvgIpc) is 2.71. The molecule has 1 amide bonds. The number of ether oxygens (including phenoxy) is 1. The second-order valence-electron chi connectivity index (χ2n) is 6.80. The molecule has 0 radical (unpaired) electrons. The molecule has 1 fully saturated rings. The minimum absolute atomic E-state index is 0. The fraction of sp³-hybridized carbons (Fsp3) is 0.409. The van der Waals surface area contributed by atoms with E-state index in [4.69, 9.17) is 16.3 Å². The SMILES string of the molecule is CCOc1ccc(C(=O)NCC(c2ccccc2Cl)N2CCCCC2)cc1.Cl. The molecular formula is C22H28Cl2N2O2. The van der Waals surface area contributed by atoms with Crippen LogP contribution in [0.4, 0.5) is 0 Å². The summed E-state index contributed by atoms with van der Waals surface area (Å²) in [6.45, 7) is 5.16. The molecule has 1 aliphatic heterocycles. The number of carbonyl (C=O) groups excluding carboxylic acids is 1. The lowest BCUT2D eigenvalue weighted by Crippen LogP contribution is -2.40. The lowest BCUT2D eigenvalue weighted by atomic mass is 10.0. The van der Waals surface area contributed by atoms with Gasteiger partial charge in [0, 0.05) is 17.1 Å². The van der Waals surface area contributed by atoms with Crippen molar-refractivity contribution in [1.82, 2.24) is 10.2 Å². The largest absolute Gasteiger partial charge is 0.494 e. The van der Waals surface area contributed by atoms with Gasteiger partial charge in [-0.15, -0.1) is 12.4 Å². The summed E-state index contributed by atoms with van der Waals surface area (Å²) in [5.74, 6) is 0.698. The van der Waals surface area contributed by atoms with Crippen molar-refractivity contribution in [3.8, 4) is 5.75 Å². The molecule has 1 aliphatic rings. The van der Waals surface area contributed by atoms with Crippen molar-refractivity contribution in [2.45, 2.75) is 32.2 Å². The van der Waals surface area contributed by atoms with Gasteiger partial charge in [-0.1, -0.05) is 36.2 Å². The number of likely N-dealkylation sites (tertiary alicyclic amines) is 1. The molecule has 28 heavy (non-hydrogen) atoms. The molecule has 0 aliphatic carbocycles. The van der Waals surface area contributed by atoms with Gasteiger partial charge in [0.25, 0.3) is 5.91 Å². The van der Waals surface area contributed by atoms with Crippen molar-refractivity contribution in [3.63, 3.8) is 0 Å². The van der Waals surface area contributed by atoms with Crippen LogP contribution < -0.4 is 10.1 Å². The van der Waals surface area contributed by atoms with Crippen LogP contribution in [0.3, 0.4) is 0 Å². The van der Waals surface area contributed by atoms with Crippen molar-refractivity contribution in [1.29, 1.82) is 0 Å². The maximum Gasteiger partial charge on any atom is 0.251 e. The minimum Gasteiger partial charge on any atom is -0.494 e. The fourth-order valence-corrected chi connectivity index (χ4v) is 3.83. The maximum absolute atomic E-state index is 12.6. The smallest absolute Gasteiger partial charge is 0.251 e. The Morgan fingerprint density at radius 1 is 1.11 bits per heavy atom. The first-order valence-corrected chi connectivity index (χ1v) is 10.1. The Hall–Kier alpha value is -1.75.